The Morgan fingerprint density at radius 2 is 2.21 bits per heavy atom. The molecule has 0 radical (unpaired) electrons. The average Bonchev–Trinajstić information content (AvgIpc) is 2.06. The van der Waals surface area contributed by atoms with Crippen molar-refractivity contribution in [2.45, 2.75) is 32.9 Å². The number of hydrogen-bond donors (Lipinski definition) is 1. The van der Waals surface area contributed by atoms with E-state index >= 15 is 0 Å². The van der Waals surface area contributed by atoms with Gasteiger partial charge in [-0.05, 0) is 20.8 Å². The minimum atomic E-state index is 0.104. The molecule has 1 rings (SSSR count). The van der Waals surface area contributed by atoms with Gasteiger partial charge in [0.15, 0.2) is 0 Å². The van der Waals surface area contributed by atoms with Gasteiger partial charge in [0.2, 0.25) is 5.91 Å². The van der Waals surface area contributed by atoms with Crippen molar-refractivity contribution >= 4 is 5.91 Å². The van der Waals surface area contributed by atoms with Gasteiger partial charge in [0.1, 0.15) is 6.61 Å². The highest BCUT2D eigenvalue weighted by Crippen LogP contribution is 2.05. The summed E-state index contributed by atoms with van der Waals surface area (Å²) >= 11 is 0. The molecule has 0 aromatic heterocycles. The molecule has 0 atom stereocenters. The molecule has 4 nitrogen and oxygen atoms in total. The maximum absolute atomic E-state index is 11.7. The van der Waals surface area contributed by atoms with Gasteiger partial charge in [0.05, 0.1) is 12.1 Å². The van der Waals surface area contributed by atoms with Crippen molar-refractivity contribution in [1.82, 2.24) is 10.2 Å². The second-order valence-corrected chi connectivity index (χ2v) is 3.85. The molecule has 0 unspecified atom stereocenters. The lowest BCUT2D eigenvalue weighted by Gasteiger charge is -2.37. The number of amides is 1. The number of likely N-dealkylation sites (N-methyl/N-ethyl adjacent to an activating group) is 1. The molecule has 4 heteroatoms. The van der Waals surface area contributed by atoms with Crippen LogP contribution in [-0.2, 0) is 9.53 Å². The second-order valence-electron chi connectivity index (χ2n) is 3.85. The van der Waals surface area contributed by atoms with Crippen molar-refractivity contribution in [2.24, 2.45) is 0 Å². The summed E-state index contributed by atoms with van der Waals surface area (Å²) in [5.41, 5.74) is 0. The topological polar surface area (TPSA) is 41.6 Å². The van der Waals surface area contributed by atoms with Crippen LogP contribution in [0.3, 0.4) is 0 Å². The van der Waals surface area contributed by atoms with Gasteiger partial charge in [-0.1, -0.05) is 0 Å². The van der Waals surface area contributed by atoms with Gasteiger partial charge in [-0.3, -0.25) is 4.79 Å². The Morgan fingerprint density at radius 1 is 1.57 bits per heavy atom. The molecule has 1 heterocycles. The van der Waals surface area contributed by atoms with Crippen LogP contribution in [0.5, 0.6) is 0 Å². The van der Waals surface area contributed by atoms with Crippen LogP contribution in [-0.4, -0.2) is 49.2 Å². The van der Waals surface area contributed by atoms with Crippen molar-refractivity contribution < 1.29 is 9.53 Å². The fourth-order valence-corrected chi connectivity index (χ4v) is 1.45. The lowest BCUT2D eigenvalue weighted by atomic mass is 10.1. The van der Waals surface area contributed by atoms with Gasteiger partial charge in [-0.2, -0.15) is 0 Å². The number of carbonyl (C=O) groups excluding carboxylic acids is 1. The predicted molar refractivity (Wildman–Crippen MR) is 55.1 cm³/mol. The zero-order valence-corrected chi connectivity index (χ0v) is 9.25. The van der Waals surface area contributed by atoms with E-state index in [2.05, 4.69) is 5.32 Å². The molecule has 0 spiro atoms. The second kappa shape index (κ2) is 5.32. The highest BCUT2D eigenvalue weighted by Gasteiger charge is 2.26. The molecule has 1 saturated heterocycles. The van der Waals surface area contributed by atoms with E-state index < -0.39 is 0 Å². The smallest absolute Gasteiger partial charge is 0.248 e. The van der Waals surface area contributed by atoms with Crippen molar-refractivity contribution in [3.05, 3.63) is 0 Å². The van der Waals surface area contributed by atoms with E-state index in [1.807, 2.05) is 25.7 Å². The number of ether oxygens (including phenoxy) is 1. The Bertz CT molecular complexity index is 191. The number of rotatable bonds is 5. The number of carbonyl (C=O) groups is 1. The third-order valence-electron chi connectivity index (χ3n) is 2.40. The van der Waals surface area contributed by atoms with E-state index in [9.17, 15) is 4.79 Å². The van der Waals surface area contributed by atoms with Crippen molar-refractivity contribution in [3.8, 4) is 0 Å². The molecular weight excluding hydrogens is 180 g/mol. The molecule has 1 aliphatic rings. The highest BCUT2D eigenvalue weighted by molar-refractivity contribution is 5.78. The summed E-state index contributed by atoms with van der Waals surface area (Å²) < 4.78 is 5.29. The van der Waals surface area contributed by atoms with Gasteiger partial charge < -0.3 is 15.0 Å². The molecule has 1 fully saturated rings. The monoisotopic (exact) mass is 200 g/mol. The van der Waals surface area contributed by atoms with Crippen LogP contribution in [0.1, 0.15) is 20.8 Å². The fraction of sp³-hybridized carbons (Fsp3) is 0.900. The molecule has 0 aliphatic carbocycles. The third kappa shape index (κ3) is 2.96. The summed E-state index contributed by atoms with van der Waals surface area (Å²) in [5.74, 6) is 0.104. The first-order chi connectivity index (χ1) is 6.65. The van der Waals surface area contributed by atoms with Crippen molar-refractivity contribution in [2.75, 3.05) is 26.2 Å². The Kier molecular flexibility index (Phi) is 4.35. The first-order valence-electron chi connectivity index (χ1n) is 5.27. The van der Waals surface area contributed by atoms with Crippen LogP contribution in [0.2, 0.25) is 0 Å². The van der Waals surface area contributed by atoms with E-state index in [0.717, 1.165) is 19.6 Å². The van der Waals surface area contributed by atoms with Crippen LogP contribution in [0.25, 0.3) is 0 Å². The van der Waals surface area contributed by atoms with Gasteiger partial charge in [0, 0.05) is 19.6 Å². The number of nitrogens with one attached hydrogen (secondary N) is 1. The number of hydrogen-bond acceptors (Lipinski definition) is 3. The van der Waals surface area contributed by atoms with E-state index in [0.29, 0.717) is 6.04 Å². The van der Waals surface area contributed by atoms with Gasteiger partial charge in [-0.25, -0.2) is 0 Å². The largest absolute Gasteiger partial charge is 0.369 e. The average molecular weight is 200 g/mol. The quantitative estimate of drug-likeness (QED) is 0.691. The SMILES string of the molecule is CCN(C(=O)COC(C)C)C1CNC1. The zero-order chi connectivity index (χ0) is 10.6. The lowest BCUT2D eigenvalue weighted by molar-refractivity contribution is -0.140. The van der Waals surface area contributed by atoms with Crippen molar-refractivity contribution in [1.29, 1.82) is 0 Å². The summed E-state index contributed by atoms with van der Waals surface area (Å²) in [4.78, 5) is 13.6. The van der Waals surface area contributed by atoms with Gasteiger partial charge in [0.25, 0.3) is 0 Å². The highest BCUT2D eigenvalue weighted by atomic mass is 16.5. The molecule has 1 amide bonds. The Balaban J connectivity index is 2.31. The molecule has 1 aliphatic heterocycles. The molecule has 0 saturated carbocycles. The van der Waals surface area contributed by atoms with Crippen LogP contribution in [0.15, 0.2) is 0 Å². The number of nitrogens with zero attached hydrogens (tertiary/aromatic N) is 1. The van der Waals surface area contributed by atoms with Gasteiger partial charge in [-0.15, -0.1) is 0 Å². The normalized spacial score (nSPS) is 16.9. The van der Waals surface area contributed by atoms with Gasteiger partial charge >= 0.3 is 0 Å². The minimum Gasteiger partial charge on any atom is -0.369 e. The first kappa shape index (κ1) is 11.5. The molecule has 82 valence electrons. The summed E-state index contributed by atoms with van der Waals surface area (Å²) in [6.45, 7) is 8.70. The first-order valence-corrected chi connectivity index (χ1v) is 5.27. The zero-order valence-electron chi connectivity index (χ0n) is 9.25. The molecular formula is C10H20N2O2. The Morgan fingerprint density at radius 3 is 2.57 bits per heavy atom. The molecule has 14 heavy (non-hydrogen) atoms. The molecule has 0 aromatic rings. The maximum Gasteiger partial charge on any atom is 0.248 e. The van der Waals surface area contributed by atoms with Crippen LogP contribution >= 0.6 is 0 Å². The predicted octanol–water partition coefficient (Wildman–Crippen LogP) is 0.232. The molecule has 1 N–H and O–H groups in total. The van der Waals surface area contributed by atoms with Crippen molar-refractivity contribution in [3.63, 3.8) is 0 Å². The third-order valence-corrected chi connectivity index (χ3v) is 2.40. The molecule has 0 bridgehead atoms. The maximum atomic E-state index is 11.7. The minimum absolute atomic E-state index is 0.104. The van der Waals surface area contributed by atoms with Crippen LogP contribution < -0.4 is 5.32 Å². The fourth-order valence-electron chi connectivity index (χ4n) is 1.45. The van der Waals surface area contributed by atoms with E-state index in [-0.39, 0.29) is 18.6 Å². The van der Waals surface area contributed by atoms with E-state index in [1.165, 1.54) is 0 Å². The standard InChI is InChI=1S/C10H20N2O2/c1-4-12(9-5-11-6-9)10(13)7-14-8(2)3/h8-9,11H,4-7H2,1-3H3. The molecule has 0 aromatic carbocycles. The summed E-state index contributed by atoms with van der Waals surface area (Å²) in [5, 5.41) is 3.16. The summed E-state index contributed by atoms with van der Waals surface area (Å²) in [6, 6.07) is 0.378. The Hall–Kier alpha value is -0.610. The van der Waals surface area contributed by atoms with E-state index in [1.54, 1.807) is 0 Å². The lowest BCUT2D eigenvalue weighted by Crippen LogP contribution is -2.59. The Labute approximate surface area is 85.6 Å². The van der Waals surface area contributed by atoms with Crippen LogP contribution in [0, 0.1) is 0 Å². The summed E-state index contributed by atoms with van der Waals surface area (Å²) in [6.07, 6.45) is 0.122. The summed E-state index contributed by atoms with van der Waals surface area (Å²) in [7, 11) is 0. The van der Waals surface area contributed by atoms with E-state index in [4.69, 9.17) is 4.74 Å². The van der Waals surface area contributed by atoms with Crippen LogP contribution in [0.4, 0.5) is 0 Å².